The number of fused-ring (bicyclic) bond motifs is 4. The Bertz CT molecular complexity index is 6020. The van der Waals surface area contributed by atoms with Crippen LogP contribution in [0.25, 0.3) is 86.2 Å². The van der Waals surface area contributed by atoms with E-state index < -0.39 is 34.5 Å². The number of rotatable bonds is 12. The second-order valence-electron chi connectivity index (χ2n) is 43.5. The zero-order valence-corrected chi connectivity index (χ0v) is 73.4. The van der Waals surface area contributed by atoms with Crippen LogP contribution in [0, 0.1) is 21.7 Å². The molecule has 0 aromatic heterocycles. The van der Waals surface area contributed by atoms with Crippen LogP contribution < -0.4 is 19.6 Å². The number of carbonyl (C=O) groups is 8. The molecule has 13 aromatic carbocycles. The maximum atomic E-state index is 16.3. The van der Waals surface area contributed by atoms with E-state index in [2.05, 4.69) is 227 Å². The van der Waals surface area contributed by atoms with Crippen LogP contribution in [0.2, 0.25) is 0 Å². The zero-order chi connectivity index (χ0) is 84.9. The van der Waals surface area contributed by atoms with E-state index in [1.54, 1.807) is 48.5 Å². The second kappa shape index (κ2) is 26.3. The minimum Gasteiger partial charge on any atom is -0.268 e. The number of hydrogen-bond acceptors (Lipinski definition) is 8. The third-order valence-electron chi connectivity index (χ3n) is 25.8. The molecule has 602 valence electrons. The van der Waals surface area contributed by atoms with Crippen LogP contribution in [0.4, 0.5) is 22.7 Å². The molecule has 4 aliphatic heterocycles. The van der Waals surface area contributed by atoms with E-state index in [0.717, 1.165) is 145 Å². The van der Waals surface area contributed by atoms with Gasteiger partial charge >= 0.3 is 0 Å². The average Bonchev–Trinajstić information content (AvgIpc) is 0.682. The fourth-order valence-electron chi connectivity index (χ4n) is 19.4. The van der Waals surface area contributed by atoms with Crippen molar-refractivity contribution in [3.63, 3.8) is 0 Å². The highest BCUT2D eigenvalue weighted by molar-refractivity contribution is 6.49. The van der Waals surface area contributed by atoms with Crippen LogP contribution >= 0.6 is 0 Å². The molecule has 0 N–H and O–H groups in total. The largest absolute Gasteiger partial charge is 0.268 e. The third kappa shape index (κ3) is 12.5. The third-order valence-corrected chi connectivity index (χ3v) is 25.8. The van der Waals surface area contributed by atoms with Crippen LogP contribution in [-0.2, 0) is 47.3 Å². The molecular weight excluding hydrogens is 1460 g/mol. The van der Waals surface area contributed by atoms with Crippen molar-refractivity contribution in [2.75, 3.05) is 19.6 Å². The summed E-state index contributed by atoms with van der Waals surface area (Å²) in [5.74, 6) is -3.72. The van der Waals surface area contributed by atoms with Crippen LogP contribution in [-0.4, -0.2) is 47.3 Å². The Balaban J connectivity index is 0.792. The lowest BCUT2D eigenvalue weighted by Crippen LogP contribution is -2.43. The molecule has 13 aromatic rings. The number of imide groups is 4. The van der Waals surface area contributed by atoms with Gasteiger partial charge in [0.25, 0.3) is 47.3 Å². The number of nitrogens with zero attached hydrogens (tertiary/aromatic N) is 4. The number of hydrogen-bond donors (Lipinski definition) is 0. The predicted molar refractivity (Wildman–Crippen MR) is 485 cm³/mol. The van der Waals surface area contributed by atoms with Crippen LogP contribution in [0.3, 0.4) is 0 Å². The Morgan fingerprint density at radius 3 is 0.720 bits per heavy atom. The standard InChI is InChI=1S/C106H110N4O8/c1-99(2,3)44-40-55-48-71-63-30-34-67-85-68(35-31-64(83(63)85)72-49-56(41-45-100(4,5)6)80-89(87(71)72)79(55)95(115)109(96(80)116)77-52-59(103(13,14)15)28-38-75(77)105(19,20)21)92(112)107(91(67)111)61-26-25-27-62(54-61)108-93(113)69-36-32-65-73-50-57(42-46-101(7,8)9)81-90-82(98(118)110(97(81)117)78-53-60(104(16,17)18)29-39-76(78)106(22,23)24)58(43-47-102(10,11)12)51-74(88(73)90)66-33-37-70(94(108)114)86(69)84(65)66/h25-39,48-54H,40-47H2,1-24H3. The normalized spacial score (nSPS) is 15.5. The number of carbonyl (C=O) groups excluding carboxylic acids is 8. The molecule has 17 rings (SSSR count). The Kier molecular flexibility index (Phi) is 17.7. The summed E-state index contributed by atoms with van der Waals surface area (Å²) in [5, 5.41) is 11.8. The van der Waals surface area contributed by atoms with E-state index in [-0.39, 0.29) is 67.5 Å². The van der Waals surface area contributed by atoms with Gasteiger partial charge < -0.3 is 0 Å². The van der Waals surface area contributed by atoms with Crippen molar-refractivity contribution < 1.29 is 38.4 Å². The van der Waals surface area contributed by atoms with Crippen LogP contribution in [0.5, 0.6) is 0 Å². The van der Waals surface area contributed by atoms with E-state index in [1.165, 1.54) is 9.80 Å². The number of benzene rings is 13. The lowest BCUT2D eigenvalue weighted by atomic mass is 9.76. The van der Waals surface area contributed by atoms with Crippen molar-refractivity contribution in [1.29, 1.82) is 0 Å². The van der Waals surface area contributed by atoms with Gasteiger partial charge in [0.1, 0.15) is 0 Å². The Hall–Kier alpha value is -11.0. The molecule has 0 saturated carbocycles. The van der Waals surface area contributed by atoms with Crippen LogP contribution in [0.15, 0.2) is 133 Å². The highest BCUT2D eigenvalue weighted by atomic mass is 16.2. The summed E-state index contributed by atoms with van der Waals surface area (Å²) in [4.78, 5) is 134. The van der Waals surface area contributed by atoms with E-state index in [0.29, 0.717) is 103 Å². The molecule has 118 heavy (non-hydrogen) atoms. The van der Waals surface area contributed by atoms with Gasteiger partial charge in [-0.2, -0.15) is 0 Å². The number of anilines is 4. The predicted octanol–water partition coefficient (Wildman–Crippen LogP) is 26.1. The van der Waals surface area contributed by atoms with Crippen LogP contribution in [0.1, 0.15) is 319 Å². The minimum absolute atomic E-state index is 0.131. The maximum Gasteiger partial charge on any atom is 0.266 e. The summed E-state index contributed by atoms with van der Waals surface area (Å²) < 4.78 is 0. The molecule has 0 aliphatic carbocycles. The Morgan fingerprint density at radius 1 is 0.229 bits per heavy atom. The molecule has 4 aliphatic rings. The Morgan fingerprint density at radius 2 is 0.483 bits per heavy atom. The van der Waals surface area contributed by atoms with Gasteiger partial charge in [-0.3, -0.25) is 38.4 Å². The number of amides is 8. The topological polar surface area (TPSA) is 150 Å². The van der Waals surface area contributed by atoms with Gasteiger partial charge in [-0.25, -0.2) is 19.6 Å². The quantitative estimate of drug-likeness (QED) is 0.0667. The molecular formula is C106H110N4O8. The molecule has 0 spiro atoms. The highest BCUT2D eigenvalue weighted by Gasteiger charge is 2.47. The molecule has 0 radical (unpaired) electrons. The fraction of sp³-hybridized carbons (Fsp3) is 0.377. The van der Waals surface area contributed by atoms with Crippen molar-refractivity contribution >= 4 is 156 Å². The minimum atomic E-state index is -0.580. The molecule has 12 heteroatoms. The van der Waals surface area contributed by atoms with Crippen molar-refractivity contribution in [3.05, 3.63) is 222 Å². The smallest absolute Gasteiger partial charge is 0.266 e. The highest BCUT2D eigenvalue weighted by Crippen LogP contribution is 2.55. The lowest BCUT2D eigenvalue weighted by Gasteiger charge is -2.36. The van der Waals surface area contributed by atoms with Crippen molar-refractivity contribution in [1.82, 2.24) is 0 Å². The molecule has 8 amide bonds. The molecule has 12 nitrogen and oxygen atoms in total. The van der Waals surface area contributed by atoms with Gasteiger partial charge in [-0.05, 0) is 283 Å². The monoisotopic (exact) mass is 1570 g/mol. The fourth-order valence-corrected chi connectivity index (χ4v) is 19.4. The summed E-state index contributed by atoms with van der Waals surface area (Å²) in [6.45, 7) is 52.0. The van der Waals surface area contributed by atoms with Crippen molar-refractivity contribution in [2.45, 2.75) is 239 Å². The van der Waals surface area contributed by atoms with Gasteiger partial charge in [-0.1, -0.05) is 221 Å². The van der Waals surface area contributed by atoms with E-state index in [4.69, 9.17) is 0 Å². The van der Waals surface area contributed by atoms with Gasteiger partial charge in [0.2, 0.25) is 0 Å². The van der Waals surface area contributed by atoms with E-state index >= 15 is 38.4 Å². The van der Waals surface area contributed by atoms with Gasteiger partial charge in [-0.15, -0.1) is 0 Å². The maximum absolute atomic E-state index is 16.3. The molecule has 4 heterocycles. The van der Waals surface area contributed by atoms with Gasteiger partial charge in [0.15, 0.2) is 0 Å². The zero-order valence-electron chi connectivity index (χ0n) is 73.4. The average molecular weight is 1570 g/mol. The molecule has 0 unspecified atom stereocenters. The first kappa shape index (κ1) is 79.5. The molecule has 0 bridgehead atoms. The molecule has 0 atom stereocenters. The van der Waals surface area contributed by atoms with Crippen molar-refractivity contribution in [2.24, 2.45) is 21.7 Å². The van der Waals surface area contributed by atoms with Gasteiger partial charge in [0.05, 0.1) is 45.0 Å². The van der Waals surface area contributed by atoms with Gasteiger partial charge in [0, 0.05) is 43.8 Å². The first-order chi connectivity index (χ1) is 54.9. The second-order valence-corrected chi connectivity index (χ2v) is 43.5. The summed E-state index contributed by atoms with van der Waals surface area (Å²) in [7, 11) is 0. The first-order valence-corrected chi connectivity index (χ1v) is 42.4. The lowest BCUT2D eigenvalue weighted by molar-refractivity contribution is 0.0875. The summed E-state index contributed by atoms with van der Waals surface area (Å²) >= 11 is 0. The van der Waals surface area contributed by atoms with Crippen molar-refractivity contribution in [3.8, 4) is 0 Å². The Labute approximate surface area is 693 Å². The first-order valence-electron chi connectivity index (χ1n) is 42.4. The van der Waals surface area contributed by atoms with E-state index in [1.807, 2.05) is 24.3 Å². The molecule has 0 fully saturated rings. The van der Waals surface area contributed by atoms with E-state index in [9.17, 15) is 0 Å². The summed E-state index contributed by atoms with van der Waals surface area (Å²) in [6.07, 6.45) is 5.11. The number of aryl methyl sites for hydroxylation is 4. The summed E-state index contributed by atoms with van der Waals surface area (Å²) in [6, 6.07) is 42.6. The molecule has 0 saturated heterocycles. The SMILES string of the molecule is CC(C)(C)CCc1cc2c3ccc4c5c(ccc(c6cc(CCC(C)(C)C)c7c(c1C(=O)N(c1cc(C(C)(C)C)ccc1C(C)(C)C)C7=O)c26)c53)C(=O)N(c1cccc(N2C(=O)c3ccc5c6cc(CCC(C)(C)C)c7c8c(c(CCC(C)(C)C)cc(c9ccc(c3c59)C2=O)c86)C(=O)N(c2cc(C(C)(C)C)ccc2C(C)(C)C)C7=O)c1)C4=O. The summed E-state index contributed by atoms with van der Waals surface area (Å²) in [5.41, 5.74) is 9.98.